The van der Waals surface area contributed by atoms with E-state index in [9.17, 15) is 14.7 Å². The van der Waals surface area contributed by atoms with Crippen molar-refractivity contribution in [3.05, 3.63) is 0 Å². The summed E-state index contributed by atoms with van der Waals surface area (Å²) in [5, 5.41) is 12.1. The van der Waals surface area contributed by atoms with Gasteiger partial charge < -0.3 is 20.2 Å². The van der Waals surface area contributed by atoms with Gasteiger partial charge in [0.2, 0.25) is 0 Å². The van der Waals surface area contributed by atoms with Crippen molar-refractivity contribution in [2.24, 2.45) is 11.8 Å². The molecule has 0 aromatic carbocycles. The number of carboxylic acid groups (broad SMARTS) is 1. The second-order valence-corrected chi connectivity index (χ2v) is 6.90. The summed E-state index contributed by atoms with van der Waals surface area (Å²) in [6.07, 6.45) is 3.74. The molecule has 1 aliphatic heterocycles. The Labute approximate surface area is 126 Å². The molecule has 1 unspecified atom stereocenters. The zero-order chi connectivity index (χ0) is 15.6. The number of urea groups is 1. The molecule has 1 saturated carbocycles. The number of carbonyl (C=O) groups excluding carboxylic acids is 1. The molecule has 1 saturated heterocycles. The van der Waals surface area contributed by atoms with Crippen molar-refractivity contribution in [1.29, 1.82) is 0 Å². The van der Waals surface area contributed by atoms with Crippen molar-refractivity contribution in [2.45, 2.75) is 38.1 Å². The fraction of sp³-hybridized carbons (Fsp3) is 0.867. The number of carbonyl (C=O) groups is 2. The monoisotopic (exact) mass is 297 g/mol. The first-order valence-electron chi connectivity index (χ1n) is 7.78. The zero-order valence-corrected chi connectivity index (χ0v) is 13.3. The van der Waals surface area contributed by atoms with Crippen LogP contribution in [0.2, 0.25) is 0 Å². The molecule has 6 heteroatoms. The highest BCUT2D eigenvalue weighted by Gasteiger charge is 2.49. The van der Waals surface area contributed by atoms with Crippen LogP contribution in [-0.2, 0) is 4.79 Å². The fourth-order valence-electron chi connectivity index (χ4n) is 3.13. The van der Waals surface area contributed by atoms with Gasteiger partial charge in [0.25, 0.3) is 0 Å². The SMILES string of the molecule is CN(C)CC1CCN(C(=O)NC(C)(C(=O)O)C2CC2)CC1. The molecule has 0 aromatic rings. The van der Waals surface area contributed by atoms with Crippen LogP contribution in [0.4, 0.5) is 4.79 Å². The van der Waals surface area contributed by atoms with Gasteiger partial charge in [-0.15, -0.1) is 0 Å². The summed E-state index contributed by atoms with van der Waals surface area (Å²) < 4.78 is 0. The first-order valence-corrected chi connectivity index (χ1v) is 7.78. The van der Waals surface area contributed by atoms with Crippen LogP contribution in [-0.4, -0.2) is 66.2 Å². The van der Waals surface area contributed by atoms with Crippen molar-refractivity contribution in [1.82, 2.24) is 15.1 Å². The lowest BCUT2D eigenvalue weighted by Gasteiger charge is -2.36. The number of likely N-dealkylation sites (tertiary alicyclic amines) is 1. The lowest BCUT2D eigenvalue weighted by atomic mass is 9.95. The van der Waals surface area contributed by atoms with E-state index in [4.69, 9.17) is 0 Å². The molecular formula is C15H27N3O3. The number of carboxylic acids is 1. The van der Waals surface area contributed by atoms with Crippen molar-refractivity contribution >= 4 is 12.0 Å². The average molecular weight is 297 g/mol. The van der Waals surface area contributed by atoms with Gasteiger partial charge in [0.1, 0.15) is 5.54 Å². The molecule has 2 N–H and O–H groups in total. The number of nitrogens with one attached hydrogen (secondary N) is 1. The number of amides is 2. The van der Waals surface area contributed by atoms with Gasteiger partial charge in [0.05, 0.1) is 0 Å². The lowest BCUT2D eigenvalue weighted by molar-refractivity contribution is -0.144. The minimum Gasteiger partial charge on any atom is -0.480 e. The van der Waals surface area contributed by atoms with Gasteiger partial charge in [-0.1, -0.05) is 0 Å². The quantitative estimate of drug-likeness (QED) is 0.800. The second-order valence-electron chi connectivity index (χ2n) is 6.90. The van der Waals surface area contributed by atoms with Crippen LogP contribution in [0.5, 0.6) is 0 Å². The van der Waals surface area contributed by atoms with Crippen molar-refractivity contribution < 1.29 is 14.7 Å². The first kappa shape index (κ1) is 16.1. The number of aliphatic carboxylic acids is 1. The maximum Gasteiger partial charge on any atom is 0.329 e. The molecule has 0 bridgehead atoms. The van der Waals surface area contributed by atoms with Crippen LogP contribution in [0.3, 0.4) is 0 Å². The molecule has 0 spiro atoms. The Morgan fingerprint density at radius 1 is 1.24 bits per heavy atom. The summed E-state index contributed by atoms with van der Waals surface area (Å²) in [4.78, 5) is 27.7. The van der Waals surface area contributed by atoms with Gasteiger partial charge in [0, 0.05) is 19.6 Å². The molecule has 1 aliphatic carbocycles. The Bertz CT molecular complexity index is 401. The van der Waals surface area contributed by atoms with Crippen LogP contribution >= 0.6 is 0 Å². The standard InChI is InChI=1S/C15H27N3O3/c1-15(13(19)20,12-4-5-12)16-14(21)18-8-6-11(7-9-18)10-17(2)3/h11-12H,4-10H2,1-3H3,(H,16,21)(H,19,20). The minimum absolute atomic E-state index is 0.0743. The molecule has 2 aliphatic rings. The van der Waals surface area contributed by atoms with Gasteiger partial charge in [-0.2, -0.15) is 0 Å². The lowest BCUT2D eigenvalue weighted by Crippen LogP contribution is -2.58. The maximum absolute atomic E-state index is 12.3. The summed E-state index contributed by atoms with van der Waals surface area (Å²) >= 11 is 0. The van der Waals surface area contributed by atoms with E-state index in [-0.39, 0.29) is 11.9 Å². The van der Waals surface area contributed by atoms with E-state index in [2.05, 4.69) is 24.3 Å². The summed E-state index contributed by atoms with van der Waals surface area (Å²) in [6.45, 7) is 4.10. The molecular weight excluding hydrogens is 270 g/mol. The Balaban J connectivity index is 1.86. The molecule has 1 heterocycles. The predicted molar refractivity (Wildman–Crippen MR) is 80.1 cm³/mol. The van der Waals surface area contributed by atoms with Crippen LogP contribution in [0.1, 0.15) is 32.6 Å². The Morgan fingerprint density at radius 3 is 2.24 bits per heavy atom. The number of hydrogen-bond donors (Lipinski definition) is 2. The molecule has 0 aromatic heterocycles. The predicted octanol–water partition coefficient (Wildman–Crippen LogP) is 1.22. The van der Waals surface area contributed by atoms with E-state index in [1.165, 1.54) is 0 Å². The first-order chi connectivity index (χ1) is 9.83. The highest BCUT2D eigenvalue weighted by molar-refractivity contribution is 5.86. The van der Waals surface area contributed by atoms with E-state index in [0.717, 1.165) is 32.2 Å². The summed E-state index contributed by atoms with van der Waals surface area (Å²) in [5.74, 6) is -0.232. The number of rotatable bonds is 5. The summed E-state index contributed by atoms with van der Waals surface area (Å²) in [6, 6.07) is -0.227. The second kappa shape index (κ2) is 6.22. The van der Waals surface area contributed by atoms with E-state index >= 15 is 0 Å². The molecule has 2 fully saturated rings. The van der Waals surface area contributed by atoms with Crippen LogP contribution in [0.15, 0.2) is 0 Å². The van der Waals surface area contributed by atoms with Crippen molar-refractivity contribution in [3.8, 4) is 0 Å². The maximum atomic E-state index is 12.3. The van der Waals surface area contributed by atoms with Crippen LogP contribution < -0.4 is 5.32 Å². The van der Waals surface area contributed by atoms with E-state index in [1.54, 1.807) is 11.8 Å². The van der Waals surface area contributed by atoms with E-state index < -0.39 is 11.5 Å². The fourth-order valence-corrected chi connectivity index (χ4v) is 3.13. The Hall–Kier alpha value is -1.30. The largest absolute Gasteiger partial charge is 0.480 e. The molecule has 21 heavy (non-hydrogen) atoms. The molecule has 2 amide bonds. The van der Waals surface area contributed by atoms with Crippen molar-refractivity contribution in [2.75, 3.05) is 33.7 Å². The van der Waals surface area contributed by atoms with Gasteiger partial charge in [-0.25, -0.2) is 9.59 Å². The Kier molecular flexibility index (Phi) is 4.76. The number of piperidine rings is 1. The molecule has 1 atom stereocenters. The van der Waals surface area contributed by atoms with E-state index in [1.807, 2.05) is 0 Å². The van der Waals surface area contributed by atoms with Crippen LogP contribution in [0.25, 0.3) is 0 Å². The third kappa shape index (κ3) is 3.87. The molecule has 6 nitrogen and oxygen atoms in total. The summed E-state index contributed by atoms with van der Waals surface area (Å²) in [5.41, 5.74) is -1.11. The Morgan fingerprint density at radius 2 is 1.81 bits per heavy atom. The van der Waals surface area contributed by atoms with Gasteiger partial charge in [-0.05, 0) is 58.5 Å². The summed E-state index contributed by atoms with van der Waals surface area (Å²) in [7, 11) is 4.13. The molecule has 120 valence electrons. The molecule has 0 radical (unpaired) electrons. The van der Waals surface area contributed by atoms with Gasteiger partial charge in [0.15, 0.2) is 0 Å². The van der Waals surface area contributed by atoms with Crippen LogP contribution in [0, 0.1) is 11.8 Å². The highest BCUT2D eigenvalue weighted by Crippen LogP contribution is 2.39. The smallest absolute Gasteiger partial charge is 0.329 e. The normalized spacial score (nSPS) is 23.0. The zero-order valence-electron chi connectivity index (χ0n) is 13.3. The van der Waals surface area contributed by atoms with E-state index in [0.29, 0.717) is 19.0 Å². The average Bonchev–Trinajstić information content (AvgIpc) is 3.22. The topological polar surface area (TPSA) is 72.9 Å². The third-order valence-corrected chi connectivity index (χ3v) is 4.73. The minimum atomic E-state index is -1.11. The van der Waals surface area contributed by atoms with Crippen molar-refractivity contribution in [3.63, 3.8) is 0 Å². The van der Waals surface area contributed by atoms with Gasteiger partial charge in [-0.3, -0.25) is 0 Å². The number of hydrogen-bond acceptors (Lipinski definition) is 3. The number of nitrogens with zero attached hydrogens (tertiary/aromatic N) is 2. The third-order valence-electron chi connectivity index (χ3n) is 4.73. The highest BCUT2D eigenvalue weighted by atomic mass is 16.4. The molecule has 2 rings (SSSR count). The van der Waals surface area contributed by atoms with Gasteiger partial charge >= 0.3 is 12.0 Å².